The van der Waals surface area contributed by atoms with Crippen molar-refractivity contribution >= 4 is 23.0 Å². The highest BCUT2D eigenvalue weighted by Gasteiger charge is 2.29. The van der Waals surface area contributed by atoms with E-state index >= 15 is 0 Å². The summed E-state index contributed by atoms with van der Waals surface area (Å²) in [4.78, 5) is 23.0. The number of carbonyl (C=O) groups is 2. The normalized spacial score (nSPS) is 14.9. The second-order valence-corrected chi connectivity index (χ2v) is 7.09. The number of carboxylic acid groups (broad SMARTS) is 1. The second-order valence-electron chi connectivity index (χ2n) is 6.15. The van der Waals surface area contributed by atoms with Gasteiger partial charge in [-0.3, -0.25) is 19.1 Å². The molecule has 0 bridgehead atoms. The number of ether oxygens (including phenoxy) is 1. The van der Waals surface area contributed by atoms with Gasteiger partial charge in [-0.25, -0.2) is 0 Å². The molecule has 1 aliphatic carbocycles. The number of benzene rings is 2. The van der Waals surface area contributed by atoms with E-state index in [0.717, 1.165) is 22.3 Å². The average molecular weight is 388 g/mol. The molecule has 2 aromatic carbocycles. The zero-order valence-electron chi connectivity index (χ0n) is 14.3. The molecule has 0 saturated heterocycles. The first-order valence-corrected chi connectivity index (χ1v) is 9.57. The molecule has 2 atom stereocenters. The minimum Gasteiger partial charge on any atom is -0.772 e. The van der Waals surface area contributed by atoms with Crippen molar-refractivity contribution in [3.8, 4) is 11.1 Å². The molecule has 0 aliphatic heterocycles. The standard InChI is InChI=1S/C19H19NO6S/c21-18(9-20-17(19(22)23)11-27(24)25)26-10-16-14-7-3-1-5-12(14)13-6-2-4-8-15(13)16/h1-8,16-17,20H,9-11H2,(H,22,23)(H,24,25)/p-1/t17-/m0/s1. The molecule has 0 saturated carbocycles. The maximum atomic E-state index is 12.0. The van der Waals surface area contributed by atoms with Crippen LogP contribution in [0.1, 0.15) is 17.0 Å². The zero-order chi connectivity index (χ0) is 19.4. The van der Waals surface area contributed by atoms with Crippen LogP contribution >= 0.6 is 0 Å². The Kier molecular flexibility index (Phi) is 6.00. The van der Waals surface area contributed by atoms with Gasteiger partial charge >= 0.3 is 11.9 Å². The molecular weight excluding hydrogens is 370 g/mol. The lowest BCUT2D eigenvalue weighted by Gasteiger charge is -2.17. The Bertz CT molecular complexity index is 839. The average Bonchev–Trinajstić information content (AvgIpc) is 2.97. The van der Waals surface area contributed by atoms with Crippen molar-refractivity contribution in [1.29, 1.82) is 0 Å². The quantitative estimate of drug-likeness (QED) is 0.517. The first-order chi connectivity index (χ1) is 13.0. The van der Waals surface area contributed by atoms with E-state index in [9.17, 15) is 18.4 Å². The number of hydrogen-bond donors (Lipinski definition) is 2. The number of aliphatic carboxylic acids is 1. The van der Waals surface area contributed by atoms with Gasteiger partial charge in [0.15, 0.2) is 0 Å². The lowest BCUT2D eigenvalue weighted by Crippen LogP contribution is -2.43. The van der Waals surface area contributed by atoms with Gasteiger partial charge in [-0.1, -0.05) is 59.6 Å². The summed E-state index contributed by atoms with van der Waals surface area (Å²) in [5.41, 5.74) is 4.36. The Labute approximate surface area is 158 Å². The van der Waals surface area contributed by atoms with Crippen molar-refractivity contribution in [2.75, 3.05) is 18.9 Å². The molecule has 3 rings (SSSR count). The predicted octanol–water partition coefficient (Wildman–Crippen LogP) is 1.26. The van der Waals surface area contributed by atoms with Crippen LogP contribution in [-0.2, 0) is 25.4 Å². The summed E-state index contributed by atoms with van der Waals surface area (Å²) in [7, 11) is 0. The Balaban J connectivity index is 1.62. The van der Waals surface area contributed by atoms with Gasteiger partial charge in [-0.05, 0) is 22.3 Å². The van der Waals surface area contributed by atoms with Crippen LogP contribution in [0.4, 0.5) is 0 Å². The van der Waals surface area contributed by atoms with Crippen LogP contribution in [0.15, 0.2) is 48.5 Å². The van der Waals surface area contributed by atoms with E-state index in [4.69, 9.17) is 9.84 Å². The molecule has 8 heteroatoms. The molecule has 0 aromatic heterocycles. The topological polar surface area (TPSA) is 116 Å². The molecule has 0 fully saturated rings. The van der Waals surface area contributed by atoms with Crippen molar-refractivity contribution in [2.45, 2.75) is 12.0 Å². The van der Waals surface area contributed by atoms with Crippen molar-refractivity contribution in [2.24, 2.45) is 0 Å². The third kappa shape index (κ3) is 4.41. The molecule has 142 valence electrons. The van der Waals surface area contributed by atoms with Crippen LogP contribution in [-0.4, -0.2) is 50.8 Å². The van der Waals surface area contributed by atoms with Crippen LogP contribution in [0, 0.1) is 0 Å². The van der Waals surface area contributed by atoms with Crippen LogP contribution < -0.4 is 5.32 Å². The van der Waals surface area contributed by atoms with E-state index in [1.54, 1.807) is 0 Å². The van der Waals surface area contributed by atoms with E-state index in [2.05, 4.69) is 5.32 Å². The van der Waals surface area contributed by atoms with Gasteiger partial charge < -0.3 is 14.4 Å². The molecule has 0 spiro atoms. The predicted molar refractivity (Wildman–Crippen MR) is 97.9 cm³/mol. The minimum atomic E-state index is -2.53. The fourth-order valence-electron chi connectivity index (χ4n) is 3.23. The fourth-order valence-corrected chi connectivity index (χ4v) is 3.76. The highest BCUT2D eigenvalue weighted by atomic mass is 32.2. The van der Waals surface area contributed by atoms with Gasteiger partial charge in [0.2, 0.25) is 0 Å². The molecule has 0 amide bonds. The molecule has 0 heterocycles. The Morgan fingerprint density at radius 1 is 1.11 bits per heavy atom. The fraction of sp³-hybridized carbons (Fsp3) is 0.263. The molecule has 0 radical (unpaired) electrons. The number of carboxylic acids is 1. The summed E-state index contributed by atoms with van der Waals surface area (Å²) in [5, 5.41) is 11.4. The molecule has 1 unspecified atom stereocenters. The molecule has 7 nitrogen and oxygen atoms in total. The third-order valence-electron chi connectivity index (χ3n) is 4.47. The highest BCUT2D eigenvalue weighted by molar-refractivity contribution is 7.79. The number of rotatable bonds is 8. The van der Waals surface area contributed by atoms with E-state index in [-0.39, 0.29) is 19.1 Å². The third-order valence-corrected chi connectivity index (χ3v) is 5.07. The van der Waals surface area contributed by atoms with Crippen molar-refractivity contribution < 1.29 is 28.2 Å². The smallest absolute Gasteiger partial charge is 0.321 e. The SMILES string of the molecule is O=C(CN[C@@H](CS(=O)[O-])C(=O)O)OCC1c2ccccc2-c2ccccc21. The lowest BCUT2D eigenvalue weighted by molar-refractivity contribution is -0.143. The maximum absolute atomic E-state index is 12.0. The molecule has 2 aromatic rings. The van der Waals surface area contributed by atoms with Gasteiger partial charge in [0.25, 0.3) is 0 Å². The highest BCUT2D eigenvalue weighted by Crippen LogP contribution is 2.44. The molecule has 1 aliphatic rings. The van der Waals surface area contributed by atoms with E-state index in [1.807, 2.05) is 48.5 Å². The Morgan fingerprint density at radius 3 is 2.19 bits per heavy atom. The summed E-state index contributed by atoms with van der Waals surface area (Å²) >= 11 is -2.53. The van der Waals surface area contributed by atoms with Crippen LogP contribution in [0.5, 0.6) is 0 Å². The minimum absolute atomic E-state index is 0.0919. The summed E-state index contributed by atoms with van der Waals surface area (Å²) in [5.74, 6) is -2.69. The van der Waals surface area contributed by atoms with E-state index in [1.165, 1.54) is 0 Å². The summed E-state index contributed by atoms with van der Waals surface area (Å²) in [6, 6.07) is 14.5. The van der Waals surface area contributed by atoms with Gasteiger partial charge in [0.05, 0.1) is 6.54 Å². The lowest BCUT2D eigenvalue weighted by atomic mass is 9.98. The van der Waals surface area contributed by atoms with Gasteiger partial charge in [0.1, 0.15) is 12.6 Å². The first kappa shape index (κ1) is 19.2. The number of nitrogens with one attached hydrogen (secondary N) is 1. The van der Waals surface area contributed by atoms with Crippen molar-refractivity contribution in [1.82, 2.24) is 5.32 Å². The van der Waals surface area contributed by atoms with E-state index in [0.29, 0.717) is 0 Å². The van der Waals surface area contributed by atoms with Gasteiger partial charge in [-0.2, -0.15) is 0 Å². The molecular formula is C19H18NO6S-. The van der Waals surface area contributed by atoms with Crippen LogP contribution in [0.3, 0.4) is 0 Å². The summed E-state index contributed by atoms with van der Waals surface area (Å²) < 4.78 is 26.7. The molecule has 27 heavy (non-hydrogen) atoms. The largest absolute Gasteiger partial charge is 0.772 e. The van der Waals surface area contributed by atoms with Gasteiger partial charge in [0, 0.05) is 11.7 Å². The first-order valence-electron chi connectivity index (χ1n) is 8.33. The Hall–Kier alpha value is -2.55. The number of fused-ring (bicyclic) bond motifs is 3. The van der Waals surface area contributed by atoms with E-state index < -0.39 is 34.8 Å². The summed E-state index contributed by atoms with van der Waals surface area (Å²) in [6.45, 7) is -0.260. The van der Waals surface area contributed by atoms with Crippen LogP contribution in [0.25, 0.3) is 11.1 Å². The van der Waals surface area contributed by atoms with Crippen LogP contribution in [0.2, 0.25) is 0 Å². The second kappa shape index (κ2) is 8.43. The number of carbonyl (C=O) groups excluding carboxylic acids is 1. The molecule has 2 N–H and O–H groups in total. The maximum Gasteiger partial charge on any atom is 0.321 e. The number of hydrogen-bond acceptors (Lipinski definition) is 6. The zero-order valence-corrected chi connectivity index (χ0v) is 15.1. The van der Waals surface area contributed by atoms with Crippen molar-refractivity contribution in [3.63, 3.8) is 0 Å². The monoisotopic (exact) mass is 388 g/mol. The Morgan fingerprint density at radius 2 is 1.67 bits per heavy atom. The van der Waals surface area contributed by atoms with Gasteiger partial charge in [-0.15, -0.1) is 0 Å². The number of esters is 1. The van der Waals surface area contributed by atoms with Crippen molar-refractivity contribution in [3.05, 3.63) is 59.7 Å². The summed E-state index contributed by atoms with van der Waals surface area (Å²) in [6.07, 6.45) is 0.